The molecule has 0 spiro atoms. The van der Waals surface area contributed by atoms with Crippen LogP contribution in [-0.4, -0.2) is 26.2 Å². The molecule has 6 heteroatoms. The molecule has 0 bridgehead atoms. The molecule has 158 valence electrons. The van der Waals surface area contributed by atoms with E-state index in [-0.39, 0.29) is 11.1 Å². The lowest BCUT2D eigenvalue weighted by Gasteiger charge is -2.18. The summed E-state index contributed by atoms with van der Waals surface area (Å²) in [5, 5.41) is 14.6. The number of fused-ring (bicyclic) bond motifs is 3. The lowest BCUT2D eigenvalue weighted by Crippen LogP contribution is -2.16. The molecule has 0 saturated heterocycles. The number of methoxy groups -OCH3 is 2. The van der Waals surface area contributed by atoms with Crippen LogP contribution in [0.2, 0.25) is 0 Å². The quantitative estimate of drug-likeness (QED) is 0.439. The van der Waals surface area contributed by atoms with E-state index in [0.29, 0.717) is 33.3 Å². The van der Waals surface area contributed by atoms with Crippen LogP contribution in [0, 0.1) is 18.3 Å². The fourth-order valence-corrected chi connectivity index (χ4v) is 4.15. The van der Waals surface area contributed by atoms with Crippen LogP contribution < -0.4 is 5.32 Å². The molecule has 0 aromatic heterocycles. The maximum absolute atomic E-state index is 13.0. The zero-order valence-electron chi connectivity index (χ0n) is 17.9. The first kappa shape index (κ1) is 20.9. The number of ether oxygens (including phenoxy) is 2. The summed E-state index contributed by atoms with van der Waals surface area (Å²) in [6, 6.07) is 20.9. The van der Waals surface area contributed by atoms with Crippen LogP contribution in [-0.2, 0) is 9.47 Å². The first-order chi connectivity index (χ1) is 15.5. The Balaban J connectivity index is 2.27. The first-order valence-corrected chi connectivity index (χ1v) is 9.93. The lowest BCUT2D eigenvalue weighted by atomic mass is 9.92. The predicted molar refractivity (Wildman–Crippen MR) is 122 cm³/mol. The molecule has 6 nitrogen and oxygen atoms in total. The zero-order valence-corrected chi connectivity index (χ0v) is 17.9. The van der Waals surface area contributed by atoms with Gasteiger partial charge in [-0.1, -0.05) is 48.5 Å². The van der Waals surface area contributed by atoms with E-state index < -0.39 is 11.9 Å². The van der Waals surface area contributed by atoms with Gasteiger partial charge in [-0.25, -0.2) is 9.59 Å². The second kappa shape index (κ2) is 8.40. The van der Waals surface area contributed by atoms with Gasteiger partial charge in [0.05, 0.1) is 36.6 Å². The molecule has 32 heavy (non-hydrogen) atoms. The van der Waals surface area contributed by atoms with Crippen molar-refractivity contribution in [2.45, 2.75) is 6.92 Å². The van der Waals surface area contributed by atoms with Gasteiger partial charge >= 0.3 is 11.9 Å². The van der Waals surface area contributed by atoms with E-state index >= 15 is 0 Å². The molecule has 1 N–H and O–H groups in total. The maximum atomic E-state index is 13.0. The number of anilines is 2. The van der Waals surface area contributed by atoms with Crippen molar-refractivity contribution in [1.82, 2.24) is 0 Å². The van der Waals surface area contributed by atoms with Crippen LogP contribution in [0.25, 0.3) is 21.9 Å². The van der Waals surface area contributed by atoms with E-state index in [1.807, 2.05) is 60.7 Å². The molecule has 0 atom stereocenters. The zero-order chi connectivity index (χ0) is 22.8. The Hall–Kier alpha value is -4.37. The Labute approximate surface area is 185 Å². The molecule has 0 aliphatic heterocycles. The number of nitriles is 1. The topological polar surface area (TPSA) is 88.4 Å². The van der Waals surface area contributed by atoms with E-state index in [0.717, 1.165) is 11.1 Å². The van der Waals surface area contributed by atoms with Gasteiger partial charge in [0.15, 0.2) is 0 Å². The van der Waals surface area contributed by atoms with E-state index in [1.165, 1.54) is 14.2 Å². The fourth-order valence-electron chi connectivity index (χ4n) is 4.15. The van der Waals surface area contributed by atoms with E-state index in [1.54, 1.807) is 6.92 Å². The minimum absolute atomic E-state index is 0.0318. The van der Waals surface area contributed by atoms with E-state index in [4.69, 9.17) is 9.47 Å². The molecule has 0 radical (unpaired) electrons. The Morgan fingerprint density at radius 2 is 1.38 bits per heavy atom. The predicted octanol–water partition coefficient (Wildman–Crippen LogP) is 5.44. The number of aryl methyl sites for hydroxylation is 1. The Morgan fingerprint density at radius 3 is 1.97 bits per heavy atom. The monoisotopic (exact) mass is 424 g/mol. The average molecular weight is 424 g/mol. The van der Waals surface area contributed by atoms with Crippen LogP contribution in [0.15, 0.2) is 60.7 Å². The normalized spacial score (nSPS) is 10.6. The van der Waals surface area contributed by atoms with Gasteiger partial charge in [0.2, 0.25) is 0 Å². The summed E-state index contributed by atoms with van der Waals surface area (Å²) in [4.78, 5) is 25.8. The smallest absolute Gasteiger partial charge is 0.340 e. The minimum Gasteiger partial charge on any atom is -0.465 e. The number of carbonyl (C=O) groups excluding carboxylic acids is 2. The summed E-state index contributed by atoms with van der Waals surface area (Å²) in [6.45, 7) is 1.75. The third kappa shape index (κ3) is 3.21. The van der Waals surface area contributed by atoms with Crippen molar-refractivity contribution in [2.75, 3.05) is 19.5 Å². The highest BCUT2D eigenvalue weighted by molar-refractivity contribution is 6.23. The number of carbonyl (C=O) groups is 2. The van der Waals surface area contributed by atoms with Crippen LogP contribution in [0.1, 0.15) is 31.8 Å². The average Bonchev–Trinajstić information content (AvgIpc) is 2.95. The molecule has 0 amide bonds. The highest BCUT2D eigenvalue weighted by Gasteiger charge is 2.32. The van der Waals surface area contributed by atoms with Gasteiger partial charge in [-0.15, -0.1) is 0 Å². The Bertz CT molecular complexity index is 1370. The summed E-state index contributed by atoms with van der Waals surface area (Å²) >= 11 is 0. The maximum Gasteiger partial charge on any atom is 0.340 e. The SMILES string of the molecule is COC(=O)c1c(C(=O)OC)c(Nc2ccccc2)c2c(C#N)c3cccccc-3c2c1C. The first-order valence-electron chi connectivity index (χ1n) is 9.93. The molecule has 2 aromatic carbocycles. The largest absolute Gasteiger partial charge is 0.465 e. The number of benzene rings is 2. The van der Waals surface area contributed by atoms with Gasteiger partial charge in [-0.05, 0) is 35.6 Å². The van der Waals surface area contributed by atoms with Crippen molar-refractivity contribution in [3.63, 3.8) is 0 Å². The van der Waals surface area contributed by atoms with Crippen LogP contribution in [0.3, 0.4) is 0 Å². The van der Waals surface area contributed by atoms with Crippen LogP contribution in [0.4, 0.5) is 11.4 Å². The summed E-state index contributed by atoms with van der Waals surface area (Å²) in [5.74, 6) is -1.36. The number of nitrogens with zero attached hydrogens (tertiary/aromatic N) is 1. The molecule has 0 heterocycles. The van der Waals surface area contributed by atoms with Gasteiger partial charge in [0.1, 0.15) is 6.07 Å². The molecule has 0 unspecified atom stereocenters. The third-order valence-electron chi connectivity index (χ3n) is 5.51. The number of hydrogen-bond acceptors (Lipinski definition) is 6. The summed E-state index contributed by atoms with van der Waals surface area (Å²) in [7, 11) is 2.52. The van der Waals surface area contributed by atoms with Crippen molar-refractivity contribution >= 4 is 34.1 Å². The van der Waals surface area contributed by atoms with Crippen LogP contribution in [0.5, 0.6) is 0 Å². The van der Waals surface area contributed by atoms with E-state index in [2.05, 4.69) is 11.4 Å². The van der Waals surface area contributed by atoms with Gasteiger partial charge in [-0.3, -0.25) is 0 Å². The molecule has 4 rings (SSSR count). The summed E-state index contributed by atoms with van der Waals surface area (Å²) in [6.07, 6.45) is 0. The molecule has 2 aromatic rings. The minimum atomic E-state index is -0.700. The fraction of sp³-hybridized carbons (Fsp3) is 0.115. The van der Waals surface area contributed by atoms with Crippen molar-refractivity contribution in [3.05, 3.63) is 82.9 Å². The summed E-state index contributed by atoms with van der Waals surface area (Å²) in [5.41, 5.74) is 3.65. The molecule has 0 saturated carbocycles. The molecule has 2 aliphatic rings. The number of esters is 2. The highest BCUT2D eigenvalue weighted by Crippen LogP contribution is 2.47. The Kier molecular flexibility index (Phi) is 5.48. The number of rotatable bonds is 4. The second-order valence-corrected chi connectivity index (χ2v) is 7.20. The van der Waals surface area contributed by atoms with Crippen molar-refractivity contribution < 1.29 is 19.1 Å². The third-order valence-corrected chi connectivity index (χ3v) is 5.51. The van der Waals surface area contributed by atoms with Gasteiger partial charge < -0.3 is 14.8 Å². The molecule has 2 aliphatic carbocycles. The molecular weight excluding hydrogens is 404 g/mol. The number of hydrogen-bond donors (Lipinski definition) is 1. The van der Waals surface area contributed by atoms with Crippen molar-refractivity contribution in [1.29, 1.82) is 5.26 Å². The number of para-hydroxylation sites is 1. The lowest BCUT2D eigenvalue weighted by molar-refractivity contribution is 0.0555. The molecular formula is C26H20N2O4. The second-order valence-electron chi connectivity index (χ2n) is 7.20. The van der Waals surface area contributed by atoms with Crippen molar-refractivity contribution in [2.24, 2.45) is 0 Å². The number of nitrogens with one attached hydrogen (secondary N) is 1. The standard InChI is InChI=1S/C26H20N2O4/c1-15-20-18-13-9-5-8-12-17(18)19(14-27)22(20)24(28-16-10-6-4-7-11-16)23(26(30)32-3)21(15)25(29)31-2/h4-13,28H,1-3H3. The van der Waals surface area contributed by atoms with Gasteiger partial charge in [-0.2, -0.15) is 5.26 Å². The van der Waals surface area contributed by atoms with Gasteiger partial charge in [0.25, 0.3) is 0 Å². The van der Waals surface area contributed by atoms with Gasteiger partial charge in [0, 0.05) is 16.6 Å². The molecule has 0 fully saturated rings. The highest BCUT2D eigenvalue weighted by atomic mass is 16.5. The van der Waals surface area contributed by atoms with Crippen LogP contribution >= 0.6 is 0 Å². The Morgan fingerprint density at radius 1 is 0.812 bits per heavy atom. The van der Waals surface area contributed by atoms with E-state index in [9.17, 15) is 14.9 Å². The summed E-state index contributed by atoms with van der Waals surface area (Å²) < 4.78 is 10.1. The van der Waals surface area contributed by atoms with Crippen molar-refractivity contribution in [3.8, 4) is 17.2 Å².